The van der Waals surface area contributed by atoms with E-state index < -0.39 is 0 Å². The van der Waals surface area contributed by atoms with Gasteiger partial charge in [-0.25, -0.2) is 0 Å². The standard InChI is InChI=1S/2C14H17.2CH3.Si.Zr/c2*1-4-11-8-12-6-5-7-13(10(2)3)14(12)9-11;;;;/h2*5-10H,4H2,1-3H3;2*1H3;;/q4*-1;;. The Morgan fingerprint density at radius 1 is 0.688 bits per heavy atom. The van der Waals surface area contributed by atoms with Gasteiger partial charge in [-0.3, -0.25) is 0 Å². The summed E-state index contributed by atoms with van der Waals surface area (Å²) in [6, 6.07) is 22.5. The van der Waals surface area contributed by atoms with E-state index in [0.29, 0.717) is 11.8 Å². The molecule has 0 aliphatic rings. The van der Waals surface area contributed by atoms with Crippen LogP contribution in [-0.2, 0) is 36.2 Å². The van der Waals surface area contributed by atoms with Crippen molar-refractivity contribution in [2.24, 2.45) is 0 Å². The minimum atomic E-state index is 0. The molecule has 0 aromatic heterocycles. The fourth-order valence-corrected chi connectivity index (χ4v) is 4.06. The molecule has 0 spiro atoms. The molecule has 2 radical (unpaired) electrons. The van der Waals surface area contributed by atoms with Crippen LogP contribution >= 0.6 is 0 Å². The zero-order valence-electron chi connectivity index (χ0n) is 21.3. The second-order valence-corrected chi connectivity index (χ2v) is 8.44. The molecule has 0 heterocycles. The van der Waals surface area contributed by atoms with Gasteiger partial charge in [-0.1, -0.05) is 64.8 Å². The van der Waals surface area contributed by atoms with Crippen LogP contribution in [0.2, 0.25) is 0 Å². The monoisotopic (exact) mass is 518 g/mol. The Hall–Kier alpha value is -1.24. The topological polar surface area (TPSA) is 0 Å². The van der Waals surface area contributed by atoms with E-state index in [0.717, 1.165) is 12.8 Å². The summed E-state index contributed by atoms with van der Waals surface area (Å²) in [5, 5.41) is 5.68. The van der Waals surface area contributed by atoms with Crippen LogP contribution < -0.4 is 0 Å². The zero-order chi connectivity index (χ0) is 22.3. The summed E-state index contributed by atoms with van der Waals surface area (Å²) >= 11 is 1.36. The van der Waals surface area contributed by atoms with Crippen LogP contribution in [-0.4, -0.2) is 6.88 Å². The molecule has 0 N–H and O–H groups in total. The summed E-state index contributed by atoms with van der Waals surface area (Å²) in [7, 11) is 0. The Morgan fingerprint density at radius 2 is 1.03 bits per heavy atom. The van der Waals surface area contributed by atoms with Crippen molar-refractivity contribution in [1.29, 1.82) is 0 Å². The Bertz CT molecular complexity index is 979. The Balaban J connectivity index is 0.000000527. The first-order valence-corrected chi connectivity index (χ1v) is 15.2. The Morgan fingerprint density at radius 3 is 1.31 bits per heavy atom. The third kappa shape index (κ3) is 7.39. The SMILES string of the molecule is CCc1cc2c(C(C)C)cccc2[cH-]1.CCc1cc2c(C(C)C)cccc2[cH-]1.[CH3-].[CH3-].[Si]=[Zr]. The van der Waals surface area contributed by atoms with Crippen molar-refractivity contribution >= 4 is 28.4 Å². The first kappa shape index (κ1) is 30.8. The number of benzene rings is 2. The molecule has 0 saturated heterocycles. The maximum atomic E-state index is 3.06. The summed E-state index contributed by atoms with van der Waals surface area (Å²) in [4.78, 5) is 0. The molecule has 0 amide bonds. The van der Waals surface area contributed by atoms with Gasteiger partial charge in [0.15, 0.2) is 0 Å². The van der Waals surface area contributed by atoms with Crippen molar-refractivity contribution < 1.29 is 23.3 Å². The van der Waals surface area contributed by atoms with E-state index in [2.05, 4.69) is 109 Å². The van der Waals surface area contributed by atoms with Crippen molar-refractivity contribution in [2.75, 3.05) is 0 Å². The fourth-order valence-electron chi connectivity index (χ4n) is 4.06. The van der Waals surface area contributed by atoms with Crippen LogP contribution in [0.25, 0.3) is 21.5 Å². The van der Waals surface area contributed by atoms with Crippen LogP contribution in [0.15, 0.2) is 60.7 Å². The van der Waals surface area contributed by atoms with Gasteiger partial charge in [0.05, 0.1) is 0 Å². The van der Waals surface area contributed by atoms with Gasteiger partial charge in [0.25, 0.3) is 0 Å². The predicted molar refractivity (Wildman–Crippen MR) is 145 cm³/mol. The number of hydrogen-bond acceptors (Lipinski definition) is 0. The van der Waals surface area contributed by atoms with Crippen molar-refractivity contribution in [1.82, 2.24) is 0 Å². The molecular weight excluding hydrogens is 480 g/mol. The summed E-state index contributed by atoms with van der Waals surface area (Å²) in [6.07, 6.45) is 2.26. The number of aryl methyl sites for hydroxylation is 2. The molecule has 0 fully saturated rings. The van der Waals surface area contributed by atoms with Gasteiger partial charge in [0.2, 0.25) is 0 Å². The van der Waals surface area contributed by atoms with Crippen LogP contribution in [0.3, 0.4) is 0 Å². The summed E-state index contributed by atoms with van der Waals surface area (Å²) < 4.78 is 0. The molecule has 2 heteroatoms. The molecule has 32 heavy (non-hydrogen) atoms. The molecule has 172 valence electrons. The third-order valence-electron chi connectivity index (χ3n) is 5.75. The second-order valence-electron chi connectivity index (χ2n) is 8.44. The molecule has 4 aromatic rings. The van der Waals surface area contributed by atoms with Crippen molar-refractivity contribution in [2.45, 2.75) is 66.2 Å². The first-order valence-electron chi connectivity index (χ1n) is 11.1. The van der Waals surface area contributed by atoms with E-state index in [4.69, 9.17) is 0 Å². The number of rotatable bonds is 4. The maximum absolute atomic E-state index is 3.06. The molecule has 0 nitrogen and oxygen atoms in total. The molecule has 0 bridgehead atoms. The van der Waals surface area contributed by atoms with Crippen molar-refractivity contribution in [3.05, 3.63) is 97.8 Å². The minimum absolute atomic E-state index is 0. The average molecular weight is 520 g/mol. The van der Waals surface area contributed by atoms with Crippen molar-refractivity contribution in [3.8, 4) is 0 Å². The van der Waals surface area contributed by atoms with Crippen LogP contribution in [0.5, 0.6) is 0 Å². The van der Waals surface area contributed by atoms with E-state index in [1.54, 1.807) is 0 Å². The van der Waals surface area contributed by atoms with Gasteiger partial charge in [-0.2, -0.15) is 12.1 Å². The van der Waals surface area contributed by atoms with E-state index in [1.165, 1.54) is 67.1 Å². The zero-order valence-corrected chi connectivity index (χ0v) is 24.8. The van der Waals surface area contributed by atoms with Gasteiger partial charge in [0.1, 0.15) is 0 Å². The third-order valence-corrected chi connectivity index (χ3v) is 5.75. The van der Waals surface area contributed by atoms with Crippen molar-refractivity contribution in [3.63, 3.8) is 0 Å². The summed E-state index contributed by atoms with van der Waals surface area (Å²) in [6.45, 7) is 16.5. The van der Waals surface area contributed by atoms with Gasteiger partial charge >= 0.3 is 30.2 Å². The quantitative estimate of drug-likeness (QED) is 0.186. The summed E-state index contributed by atoms with van der Waals surface area (Å²) in [5.41, 5.74) is 5.85. The molecule has 4 aromatic carbocycles. The Kier molecular flexibility index (Phi) is 14.2. The van der Waals surface area contributed by atoms with E-state index in [1.807, 2.05) is 0 Å². The molecule has 0 saturated carbocycles. The van der Waals surface area contributed by atoms with Crippen LogP contribution in [0, 0.1) is 14.9 Å². The molecule has 4 rings (SSSR count). The van der Waals surface area contributed by atoms with Gasteiger partial charge in [-0.15, -0.1) is 69.1 Å². The fraction of sp³-hybridized carbons (Fsp3) is 0.333. The Labute approximate surface area is 214 Å². The molecule has 0 unspecified atom stereocenters. The van der Waals surface area contributed by atoms with Crippen LogP contribution in [0.1, 0.15) is 75.6 Å². The average Bonchev–Trinajstić information content (AvgIpc) is 3.38. The van der Waals surface area contributed by atoms with Gasteiger partial charge in [-0.05, 0) is 24.7 Å². The molecular formula is C30H40SiZr-4. The normalized spacial score (nSPS) is 10.1. The molecule has 0 atom stereocenters. The van der Waals surface area contributed by atoms with Gasteiger partial charge in [0, 0.05) is 0 Å². The van der Waals surface area contributed by atoms with E-state index >= 15 is 0 Å². The summed E-state index contributed by atoms with van der Waals surface area (Å²) in [5.74, 6) is 1.23. The van der Waals surface area contributed by atoms with E-state index in [9.17, 15) is 0 Å². The van der Waals surface area contributed by atoms with Gasteiger partial charge < -0.3 is 14.9 Å². The van der Waals surface area contributed by atoms with Crippen LogP contribution in [0.4, 0.5) is 0 Å². The first-order chi connectivity index (χ1) is 14.4. The second kappa shape index (κ2) is 14.8. The number of hydrogen-bond donors (Lipinski definition) is 0. The molecule has 0 aliphatic heterocycles. The molecule has 0 aliphatic carbocycles. The number of fused-ring (bicyclic) bond motifs is 2. The predicted octanol–water partition coefficient (Wildman–Crippen LogP) is 9.01. The van der Waals surface area contributed by atoms with E-state index in [-0.39, 0.29) is 14.9 Å².